The van der Waals surface area contributed by atoms with Crippen LogP contribution in [0, 0.1) is 0 Å². The number of rotatable bonds is 2. The molecule has 2 fully saturated rings. The van der Waals surface area contributed by atoms with Crippen molar-refractivity contribution in [1.82, 2.24) is 9.80 Å². The number of carbonyl (C=O) groups is 2. The second-order valence-corrected chi connectivity index (χ2v) is 9.01. The summed E-state index contributed by atoms with van der Waals surface area (Å²) in [5.74, 6) is 0.124. The van der Waals surface area contributed by atoms with Crippen LogP contribution in [-0.2, 0) is 0 Å². The molecule has 162 valence electrons. The van der Waals surface area contributed by atoms with Crippen LogP contribution < -0.4 is 9.80 Å². The van der Waals surface area contributed by atoms with Crippen molar-refractivity contribution in [2.24, 2.45) is 0 Å². The van der Waals surface area contributed by atoms with E-state index in [9.17, 15) is 9.59 Å². The lowest BCUT2D eigenvalue weighted by Crippen LogP contribution is -2.56. The highest BCUT2D eigenvalue weighted by atomic mass is 35.5. The fraction of sp³-hybridized carbons (Fsp3) is 0.417. The zero-order chi connectivity index (χ0) is 21.5. The monoisotopic (exact) mass is 438 g/mol. The van der Waals surface area contributed by atoms with Crippen LogP contribution >= 0.6 is 11.6 Å². The van der Waals surface area contributed by atoms with Crippen LogP contribution in [0.3, 0.4) is 0 Å². The van der Waals surface area contributed by atoms with Gasteiger partial charge in [-0.1, -0.05) is 11.6 Å². The SMILES string of the molecule is CN1c2cc(C(=O)N3CCN(c4ccc(Cl)cc4)CC3)ccc2C(=O)N2CCCC[C@H]21. The van der Waals surface area contributed by atoms with Crippen molar-refractivity contribution in [1.29, 1.82) is 0 Å². The maximum absolute atomic E-state index is 13.2. The second kappa shape index (κ2) is 8.08. The van der Waals surface area contributed by atoms with Crippen molar-refractivity contribution in [3.05, 3.63) is 58.6 Å². The van der Waals surface area contributed by atoms with Gasteiger partial charge in [-0.15, -0.1) is 0 Å². The van der Waals surface area contributed by atoms with E-state index in [0.717, 1.165) is 55.3 Å². The van der Waals surface area contributed by atoms with Gasteiger partial charge in [0.25, 0.3) is 11.8 Å². The highest BCUT2D eigenvalue weighted by molar-refractivity contribution is 6.30. The summed E-state index contributed by atoms with van der Waals surface area (Å²) in [6.07, 6.45) is 3.27. The number of nitrogens with zero attached hydrogens (tertiary/aromatic N) is 4. The lowest BCUT2D eigenvalue weighted by molar-refractivity contribution is 0.0588. The minimum absolute atomic E-state index is 0.0329. The van der Waals surface area contributed by atoms with Crippen molar-refractivity contribution < 1.29 is 9.59 Å². The van der Waals surface area contributed by atoms with Gasteiger partial charge in [-0.05, 0) is 61.7 Å². The Morgan fingerprint density at radius 3 is 2.45 bits per heavy atom. The topological polar surface area (TPSA) is 47.1 Å². The smallest absolute Gasteiger partial charge is 0.257 e. The molecule has 0 unspecified atom stereocenters. The molecule has 0 bridgehead atoms. The Morgan fingerprint density at radius 2 is 1.71 bits per heavy atom. The summed E-state index contributed by atoms with van der Waals surface area (Å²) < 4.78 is 0. The Balaban J connectivity index is 1.31. The molecule has 3 aliphatic rings. The Morgan fingerprint density at radius 1 is 0.968 bits per heavy atom. The Hall–Kier alpha value is -2.73. The minimum atomic E-state index is 0.0329. The fourth-order valence-electron chi connectivity index (χ4n) is 5.01. The van der Waals surface area contributed by atoms with Gasteiger partial charge in [-0.25, -0.2) is 0 Å². The molecule has 0 spiro atoms. The van der Waals surface area contributed by atoms with Crippen molar-refractivity contribution in [2.45, 2.75) is 25.4 Å². The Kier molecular flexibility index (Phi) is 5.26. The van der Waals surface area contributed by atoms with Crippen molar-refractivity contribution in [2.75, 3.05) is 49.6 Å². The standard InChI is InChI=1S/C24H27ClN4O2/c1-26-21-16-17(5-10-20(21)24(31)29-11-3-2-4-22(26)29)23(30)28-14-12-27(13-15-28)19-8-6-18(25)7-9-19/h5-10,16,22H,2-4,11-15H2,1H3/t22-/m0/s1. The number of halogens is 1. The van der Waals surface area contributed by atoms with E-state index in [0.29, 0.717) is 24.2 Å². The third-order valence-electron chi connectivity index (χ3n) is 6.79. The van der Waals surface area contributed by atoms with E-state index < -0.39 is 0 Å². The lowest BCUT2D eigenvalue weighted by atomic mass is 9.97. The van der Waals surface area contributed by atoms with Gasteiger partial charge in [-0.3, -0.25) is 9.59 Å². The third kappa shape index (κ3) is 3.63. The molecule has 1 atom stereocenters. The number of carbonyl (C=O) groups excluding carboxylic acids is 2. The van der Waals surface area contributed by atoms with Crippen LogP contribution in [0.15, 0.2) is 42.5 Å². The molecular weight excluding hydrogens is 412 g/mol. The highest BCUT2D eigenvalue weighted by Gasteiger charge is 2.37. The van der Waals surface area contributed by atoms with Gasteiger partial charge < -0.3 is 19.6 Å². The number of benzene rings is 2. The Labute approximate surface area is 188 Å². The van der Waals surface area contributed by atoms with E-state index in [2.05, 4.69) is 9.80 Å². The molecule has 2 amide bonds. The number of hydrogen-bond donors (Lipinski definition) is 0. The van der Waals surface area contributed by atoms with E-state index in [1.807, 2.05) is 59.3 Å². The molecule has 3 heterocycles. The molecule has 0 N–H and O–H groups in total. The largest absolute Gasteiger partial charge is 0.368 e. The first-order chi connectivity index (χ1) is 15.0. The molecule has 5 rings (SSSR count). The Bertz CT molecular complexity index is 1000. The van der Waals surface area contributed by atoms with Crippen molar-refractivity contribution >= 4 is 34.8 Å². The van der Waals surface area contributed by atoms with Gasteiger partial charge in [0.05, 0.1) is 11.3 Å². The third-order valence-corrected chi connectivity index (χ3v) is 7.04. The number of amides is 2. The zero-order valence-electron chi connectivity index (χ0n) is 17.8. The van der Waals surface area contributed by atoms with E-state index in [4.69, 9.17) is 11.6 Å². The first-order valence-electron chi connectivity index (χ1n) is 11.0. The first kappa shape index (κ1) is 20.2. The van der Waals surface area contributed by atoms with Crippen LogP contribution in [0.1, 0.15) is 40.0 Å². The number of piperazine rings is 1. The lowest BCUT2D eigenvalue weighted by Gasteiger charge is -2.46. The predicted octanol–water partition coefficient (Wildman–Crippen LogP) is 3.70. The number of hydrogen-bond acceptors (Lipinski definition) is 4. The molecule has 7 heteroatoms. The summed E-state index contributed by atoms with van der Waals surface area (Å²) >= 11 is 5.99. The van der Waals surface area contributed by atoms with Gasteiger partial charge in [0.2, 0.25) is 0 Å². The van der Waals surface area contributed by atoms with Gasteiger partial charge in [-0.2, -0.15) is 0 Å². The molecule has 0 aliphatic carbocycles. The first-order valence-corrected chi connectivity index (χ1v) is 11.4. The predicted molar refractivity (Wildman–Crippen MR) is 123 cm³/mol. The summed E-state index contributed by atoms with van der Waals surface area (Å²) in [4.78, 5) is 34.5. The summed E-state index contributed by atoms with van der Waals surface area (Å²) in [5, 5.41) is 0.727. The van der Waals surface area contributed by atoms with Gasteiger partial charge in [0.15, 0.2) is 0 Å². The van der Waals surface area contributed by atoms with Crippen LogP contribution in [0.4, 0.5) is 11.4 Å². The summed E-state index contributed by atoms with van der Waals surface area (Å²) in [5.41, 5.74) is 3.36. The minimum Gasteiger partial charge on any atom is -0.368 e. The average molecular weight is 439 g/mol. The van der Waals surface area contributed by atoms with E-state index >= 15 is 0 Å². The van der Waals surface area contributed by atoms with Crippen LogP contribution in [-0.4, -0.2) is 67.6 Å². The summed E-state index contributed by atoms with van der Waals surface area (Å²) in [6, 6.07) is 13.4. The van der Waals surface area contributed by atoms with E-state index in [1.165, 1.54) is 0 Å². The van der Waals surface area contributed by atoms with Crippen LogP contribution in [0.2, 0.25) is 5.02 Å². The zero-order valence-corrected chi connectivity index (χ0v) is 18.5. The molecule has 6 nitrogen and oxygen atoms in total. The van der Waals surface area contributed by atoms with Crippen LogP contribution in [0.25, 0.3) is 0 Å². The molecule has 0 saturated carbocycles. The maximum Gasteiger partial charge on any atom is 0.257 e. The molecule has 2 saturated heterocycles. The normalized spacial score (nSPS) is 21.1. The van der Waals surface area contributed by atoms with Gasteiger partial charge in [0.1, 0.15) is 6.17 Å². The average Bonchev–Trinajstić information content (AvgIpc) is 2.82. The molecule has 31 heavy (non-hydrogen) atoms. The van der Waals surface area contributed by atoms with Crippen molar-refractivity contribution in [3.8, 4) is 0 Å². The van der Waals surface area contributed by atoms with Gasteiger partial charge >= 0.3 is 0 Å². The maximum atomic E-state index is 13.2. The van der Waals surface area contributed by atoms with Crippen LogP contribution in [0.5, 0.6) is 0 Å². The van der Waals surface area contributed by atoms with Gasteiger partial charge in [0, 0.05) is 56.0 Å². The number of anilines is 2. The molecule has 2 aromatic rings. The molecule has 2 aromatic carbocycles. The molecular formula is C24H27ClN4O2. The molecule has 0 aromatic heterocycles. The highest BCUT2D eigenvalue weighted by Crippen LogP contribution is 2.35. The number of piperidine rings is 1. The van der Waals surface area contributed by atoms with E-state index in [-0.39, 0.29) is 18.0 Å². The van der Waals surface area contributed by atoms with E-state index in [1.54, 1.807) is 0 Å². The second-order valence-electron chi connectivity index (χ2n) is 8.57. The summed E-state index contributed by atoms with van der Waals surface area (Å²) in [6.45, 7) is 3.72. The molecule has 0 radical (unpaired) electrons. The fourth-order valence-corrected chi connectivity index (χ4v) is 5.13. The molecule has 3 aliphatic heterocycles. The quantitative estimate of drug-likeness (QED) is 0.717. The van der Waals surface area contributed by atoms with Crippen molar-refractivity contribution in [3.63, 3.8) is 0 Å². The number of fused-ring (bicyclic) bond motifs is 2. The summed E-state index contributed by atoms with van der Waals surface area (Å²) in [7, 11) is 2.04.